The molecule has 4 heteroatoms. The number of hydrogen-bond donors (Lipinski definition) is 1. The molecule has 0 aromatic heterocycles. The molecule has 0 aliphatic rings. The van der Waals surface area contributed by atoms with Crippen molar-refractivity contribution in [3.63, 3.8) is 0 Å². The summed E-state index contributed by atoms with van der Waals surface area (Å²) in [5.41, 5.74) is 2.23. The van der Waals surface area contributed by atoms with Crippen molar-refractivity contribution >= 4 is 28.8 Å². The molecule has 2 aromatic carbocycles. The highest BCUT2D eigenvalue weighted by atomic mass is 35.5. The van der Waals surface area contributed by atoms with Crippen LogP contribution in [0.25, 0.3) is 0 Å². The Morgan fingerprint density at radius 2 is 1.75 bits per heavy atom. The van der Waals surface area contributed by atoms with Crippen molar-refractivity contribution in [2.45, 2.75) is 6.42 Å². The Balaban J connectivity index is 1.82. The van der Waals surface area contributed by atoms with Crippen molar-refractivity contribution in [1.82, 2.24) is 5.32 Å². The Kier molecular flexibility index (Phi) is 5.39. The van der Waals surface area contributed by atoms with Gasteiger partial charge >= 0.3 is 0 Å². The molecule has 0 spiro atoms. The lowest BCUT2D eigenvalue weighted by molar-refractivity contribution is 0.414. The van der Waals surface area contributed by atoms with E-state index >= 15 is 0 Å². The predicted molar refractivity (Wildman–Crippen MR) is 87.9 cm³/mol. The van der Waals surface area contributed by atoms with Gasteiger partial charge in [0.05, 0.1) is 7.11 Å². The lowest BCUT2D eigenvalue weighted by Crippen LogP contribution is -2.24. The van der Waals surface area contributed by atoms with Gasteiger partial charge in [-0.1, -0.05) is 48.1 Å². The smallest absolute Gasteiger partial charge is 0.118 e. The molecule has 104 valence electrons. The summed E-state index contributed by atoms with van der Waals surface area (Å²) in [4.78, 5) is 0.746. The SMILES string of the molecule is COc1ccc(CCNC(=S)c2ccc(Cl)cc2)cc1. The Morgan fingerprint density at radius 3 is 2.35 bits per heavy atom. The number of thiocarbonyl (C=S) groups is 1. The maximum atomic E-state index is 5.85. The molecule has 2 aromatic rings. The van der Waals surface area contributed by atoms with E-state index in [4.69, 9.17) is 28.6 Å². The van der Waals surface area contributed by atoms with Crippen LogP contribution in [0.2, 0.25) is 5.02 Å². The van der Waals surface area contributed by atoms with Gasteiger partial charge in [-0.05, 0) is 36.2 Å². The van der Waals surface area contributed by atoms with E-state index in [0.717, 1.165) is 34.3 Å². The highest BCUT2D eigenvalue weighted by molar-refractivity contribution is 7.80. The first-order chi connectivity index (χ1) is 9.69. The Hall–Kier alpha value is -1.58. The topological polar surface area (TPSA) is 21.3 Å². The van der Waals surface area contributed by atoms with Crippen LogP contribution in [0.5, 0.6) is 5.75 Å². The van der Waals surface area contributed by atoms with Crippen LogP contribution in [0.1, 0.15) is 11.1 Å². The van der Waals surface area contributed by atoms with E-state index in [0.29, 0.717) is 0 Å². The van der Waals surface area contributed by atoms with Crippen LogP contribution < -0.4 is 10.1 Å². The monoisotopic (exact) mass is 305 g/mol. The second-order valence-electron chi connectivity index (χ2n) is 4.36. The van der Waals surface area contributed by atoms with Crippen LogP contribution in [0.3, 0.4) is 0 Å². The maximum Gasteiger partial charge on any atom is 0.118 e. The highest BCUT2D eigenvalue weighted by Gasteiger charge is 2.01. The first kappa shape index (κ1) is 14.8. The van der Waals surface area contributed by atoms with Crippen LogP contribution in [0, 0.1) is 0 Å². The van der Waals surface area contributed by atoms with E-state index in [9.17, 15) is 0 Å². The second kappa shape index (κ2) is 7.27. The molecule has 0 atom stereocenters. The zero-order valence-corrected chi connectivity index (χ0v) is 12.8. The van der Waals surface area contributed by atoms with Crippen molar-refractivity contribution in [1.29, 1.82) is 0 Å². The summed E-state index contributed by atoms with van der Waals surface area (Å²) < 4.78 is 5.13. The highest BCUT2D eigenvalue weighted by Crippen LogP contribution is 2.12. The summed E-state index contributed by atoms with van der Waals surface area (Å²) in [6.07, 6.45) is 0.914. The molecule has 0 bridgehead atoms. The molecule has 0 aliphatic heterocycles. The summed E-state index contributed by atoms with van der Waals surface area (Å²) in [7, 11) is 1.67. The molecule has 0 saturated carbocycles. The van der Waals surface area contributed by atoms with Crippen LogP contribution in [-0.4, -0.2) is 18.6 Å². The van der Waals surface area contributed by atoms with Gasteiger partial charge in [-0.25, -0.2) is 0 Å². The molecular formula is C16H16ClNOS. The van der Waals surface area contributed by atoms with Gasteiger partial charge in [-0.15, -0.1) is 0 Å². The number of rotatable bonds is 5. The maximum absolute atomic E-state index is 5.85. The van der Waals surface area contributed by atoms with E-state index in [2.05, 4.69) is 17.4 Å². The molecule has 0 saturated heterocycles. The van der Waals surface area contributed by atoms with Gasteiger partial charge in [0, 0.05) is 17.1 Å². The Labute approximate surface area is 129 Å². The Bertz CT molecular complexity index is 566. The third-order valence-electron chi connectivity index (χ3n) is 2.96. The zero-order chi connectivity index (χ0) is 14.4. The number of halogens is 1. The third-order valence-corrected chi connectivity index (χ3v) is 3.60. The minimum Gasteiger partial charge on any atom is -0.497 e. The lowest BCUT2D eigenvalue weighted by atomic mass is 10.1. The number of hydrogen-bond acceptors (Lipinski definition) is 2. The van der Waals surface area contributed by atoms with Crippen LogP contribution in [0.15, 0.2) is 48.5 Å². The summed E-state index contributed by atoms with van der Waals surface area (Å²) in [6.45, 7) is 0.799. The predicted octanol–water partition coefficient (Wildman–Crippen LogP) is 3.86. The van der Waals surface area contributed by atoms with Crippen molar-refractivity contribution in [2.24, 2.45) is 0 Å². The fourth-order valence-corrected chi connectivity index (χ4v) is 2.18. The van der Waals surface area contributed by atoms with Crippen LogP contribution in [0.4, 0.5) is 0 Å². The van der Waals surface area contributed by atoms with Gasteiger partial charge in [0.2, 0.25) is 0 Å². The van der Waals surface area contributed by atoms with E-state index < -0.39 is 0 Å². The molecule has 0 fully saturated rings. The van der Waals surface area contributed by atoms with E-state index in [1.165, 1.54) is 5.56 Å². The Morgan fingerprint density at radius 1 is 1.10 bits per heavy atom. The zero-order valence-electron chi connectivity index (χ0n) is 11.2. The standard InChI is InChI=1S/C16H16ClNOS/c1-19-15-8-2-12(3-9-15)10-11-18-16(20)13-4-6-14(17)7-5-13/h2-9H,10-11H2,1H3,(H,18,20). The largest absolute Gasteiger partial charge is 0.497 e. The van der Waals surface area contributed by atoms with Crippen LogP contribution >= 0.6 is 23.8 Å². The number of methoxy groups -OCH3 is 1. The molecule has 2 rings (SSSR count). The average Bonchev–Trinajstić information content (AvgIpc) is 2.48. The lowest BCUT2D eigenvalue weighted by Gasteiger charge is -2.08. The van der Waals surface area contributed by atoms with Gasteiger partial charge in [-0.3, -0.25) is 0 Å². The molecule has 0 unspecified atom stereocenters. The minimum absolute atomic E-state index is 0.717. The van der Waals surface area contributed by atoms with Gasteiger partial charge in [0.1, 0.15) is 10.7 Å². The van der Waals surface area contributed by atoms with Crippen molar-refractivity contribution < 1.29 is 4.74 Å². The van der Waals surface area contributed by atoms with E-state index in [1.807, 2.05) is 36.4 Å². The fraction of sp³-hybridized carbons (Fsp3) is 0.188. The molecular weight excluding hydrogens is 290 g/mol. The first-order valence-electron chi connectivity index (χ1n) is 6.36. The second-order valence-corrected chi connectivity index (χ2v) is 5.21. The normalized spacial score (nSPS) is 10.1. The molecule has 2 nitrogen and oxygen atoms in total. The first-order valence-corrected chi connectivity index (χ1v) is 7.14. The van der Waals surface area contributed by atoms with Gasteiger partial charge < -0.3 is 10.1 Å². The van der Waals surface area contributed by atoms with Gasteiger partial charge in [0.25, 0.3) is 0 Å². The van der Waals surface area contributed by atoms with Crippen molar-refractivity contribution in [3.05, 3.63) is 64.7 Å². The minimum atomic E-state index is 0.717. The molecule has 0 radical (unpaired) electrons. The van der Waals surface area contributed by atoms with Crippen LogP contribution in [-0.2, 0) is 6.42 Å². The summed E-state index contributed by atoms with van der Waals surface area (Å²) >= 11 is 11.2. The average molecular weight is 306 g/mol. The number of benzene rings is 2. The van der Waals surface area contributed by atoms with Crippen molar-refractivity contribution in [3.8, 4) is 5.75 Å². The molecule has 0 aliphatic carbocycles. The summed E-state index contributed by atoms with van der Waals surface area (Å²) in [6, 6.07) is 15.6. The quantitative estimate of drug-likeness (QED) is 0.848. The van der Waals surface area contributed by atoms with Gasteiger partial charge in [0.15, 0.2) is 0 Å². The molecule has 0 amide bonds. The molecule has 1 N–H and O–H groups in total. The number of ether oxygens (including phenoxy) is 1. The summed E-state index contributed by atoms with van der Waals surface area (Å²) in [5.74, 6) is 0.874. The number of nitrogens with one attached hydrogen (secondary N) is 1. The van der Waals surface area contributed by atoms with E-state index in [-0.39, 0.29) is 0 Å². The summed E-state index contributed by atoms with van der Waals surface area (Å²) in [5, 5.41) is 3.97. The molecule has 0 heterocycles. The van der Waals surface area contributed by atoms with E-state index in [1.54, 1.807) is 7.11 Å². The molecule has 20 heavy (non-hydrogen) atoms. The fourth-order valence-electron chi connectivity index (χ4n) is 1.82. The van der Waals surface area contributed by atoms with Gasteiger partial charge in [-0.2, -0.15) is 0 Å². The third kappa shape index (κ3) is 4.22. The van der Waals surface area contributed by atoms with Crippen molar-refractivity contribution in [2.75, 3.05) is 13.7 Å².